The fraction of sp³-hybridized carbons (Fsp3) is 0.588. The van der Waals surface area contributed by atoms with E-state index in [0.717, 1.165) is 24.9 Å². The smallest absolute Gasteiger partial charge is 0.331 e. The van der Waals surface area contributed by atoms with E-state index in [1.807, 2.05) is 31.2 Å². The lowest BCUT2D eigenvalue weighted by molar-refractivity contribution is -0.150. The molecule has 4 heteroatoms. The van der Waals surface area contributed by atoms with Gasteiger partial charge in [0.15, 0.2) is 0 Å². The van der Waals surface area contributed by atoms with Crippen molar-refractivity contribution in [2.45, 2.75) is 45.6 Å². The summed E-state index contributed by atoms with van der Waals surface area (Å²) in [5, 5.41) is 4.02. The molecule has 0 aromatic heterocycles. The van der Waals surface area contributed by atoms with Crippen molar-refractivity contribution in [3.8, 4) is 0 Å². The van der Waals surface area contributed by atoms with Crippen LogP contribution in [0.4, 0.5) is 5.69 Å². The third kappa shape index (κ3) is 3.52. The average molecular weight is 310 g/mol. The van der Waals surface area contributed by atoms with Crippen molar-refractivity contribution < 1.29 is 9.53 Å². The first-order chi connectivity index (χ1) is 9.98. The molecule has 2 rings (SSSR count). The number of hydrogen-bond donors (Lipinski definition) is 1. The maximum absolute atomic E-state index is 12.6. The van der Waals surface area contributed by atoms with Crippen LogP contribution in [0.2, 0.25) is 5.02 Å². The van der Waals surface area contributed by atoms with Gasteiger partial charge in [0.05, 0.1) is 17.3 Å². The number of benzene rings is 1. The number of halogens is 1. The van der Waals surface area contributed by atoms with Crippen LogP contribution in [0, 0.1) is 11.8 Å². The largest absolute Gasteiger partial charge is 0.464 e. The lowest BCUT2D eigenvalue weighted by atomic mass is 9.71. The second-order valence-electron chi connectivity index (χ2n) is 6.10. The summed E-state index contributed by atoms with van der Waals surface area (Å²) < 4.78 is 5.34. The summed E-state index contributed by atoms with van der Waals surface area (Å²) in [6.45, 7) is 6.69. The molecule has 0 radical (unpaired) electrons. The molecule has 0 amide bonds. The van der Waals surface area contributed by atoms with Crippen molar-refractivity contribution in [2.24, 2.45) is 11.8 Å². The number of para-hydroxylation sites is 1. The van der Waals surface area contributed by atoms with Gasteiger partial charge in [-0.2, -0.15) is 0 Å². The molecule has 1 aromatic carbocycles. The molecule has 1 aliphatic carbocycles. The summed E-state index contributed by atoms with van der Waals surface area (Å²) in [4.78, 5) is 12.6. The predicted octanol–water partition coefficient (Wildman–Crippen LogP) is 4.51. The topological polar surface area (TPSA) is 38.3 Å². The Labute approximate surface area is 132 Å². The van der Waals surface area contributed by atoms with Crippen molar-refractivity contribution in [3.05, 3.63) is 29.3 Å². The predicted molar refractivity (Wildman–Crippen MR) is 86.6 cm³/mol. The van der Waals surface area contributed by atoms with Gasteiger partial charge in [-0.05, 0) is 50.2 Å². The molecule has 1 aliphatic rings. The molecule has 1 fully saturated rings. The van der Waals surface area contributed by atoms with Gasteiger partial charge in [-0.25, -0.2) is 4.79 Å². The van der Waals surface area contributed by atoms with Crippen LogP contribution in [0.1, 0.15) is 40.0 Å². The molecule has 0 heterocycles. The second kappa shape index (κ2) is 6.69. The highest BCUT2D eigenvalue weighted by molar-refractivity contribution is 6.33. The number of ether oxygens (including phenoxy) is 1. The van der Waals surface area contributed by atoms with E-state index in [2.05, 4.69) is 19.2 Å². The number of hydrogen-bond acceptors (Lipinski definition) is 3. The Kier molecular flexibility index (Phi) is 5.15. The van der Waals surface area contributed by atoms with Gasteiger partial charge < -0.3 is 10.1 Å². The van der Waals surface area contributed by atoms with Gasteiger partial charge in [-0.15, -0.1) is 0 Å². The van der Waals surface area contributed by atoms with Crippen LogP contribution in [0.3, 0.4) is 0 Å². The van der Waals surface area contributed by atoms with E-state index in [-0.39, 0.29) is 5.97 Å². The molecule has 116 valence electrons. The van der Waals surface area contributed by atoms with Crippen molar-refractivity contribution in [3.63, 3.8) is 0 Å². The summed E-state index contributed by atoms with van der Waals surface area (Å²) in [6, 6.07) is 7.54. The van der Waals surface area contributed by atoms with E-state index in [1.165, 1.54) is 0 Å². The Bertz CT molecular complexity index is 505. The van der Waals surface area contributed by atoms with E-state index >= 15 is 0 Å². The highest BCUT2D eigenvalue weighted by Gasteiger charge is 2.45. The first-order valence-corrected chi connectivity index (χ1v) is 8.06. The van der Waals surface area contributed by atoms with Crippen molar-refractivity contribution >= 4 is 23.3 Å². The molecule has 21 heavy (non-hydrogen) atoms. The van der Waals surface area contributed by atoms with Crippen molar-refractivity contribution in [1.82, 2.24) is 0 Å². The fourth-order valence-electron chi connectivity index (χ4n) is 3.05. The minimum atomic E-state index is -0.660. The molecule has 0 saturated heterocycles. The molecule has 0 aliphatic heterocycles. The Morgan fingerprint density at radius 2 is 2.10 bits per heavy atom. The summed E-state index contributed by atoms with van der Waals surface area (Å²) in [7, 11) is 0. The van der Waals surface area contributed by atoms with E-state index < -0.39 is 5.54 Å². The van der Waals surface area contributed by atoms with E-state index in [4.69, 9.17) is 16.3 Å². The van der Waals surface area contributed by atoms with Gasteiger partial charge >= 0.3 is 5.97 Å². The number of carbonyl (C=O) groups excluding carboxylic acids is 1. The molecule has 0 bridgehead atoms. The lowest BCUT2D eigenvalue weighted by Gasteiger charge is -2.42. The van der Waals surface area contributed by atoms with Crippen LogP contribution in [-0.2, 0) is 9.53 Å². The summed E-state index contributed by atoms with van der Waals surface area (Å²) in [5.74, 6) is 0.933. The van der Waals surface area contributed by atoms with Gasteiger partial charge in [0, 0.05) is 0 Å². The van der Waals surface area contributed by atoms with Crippen LogP contribution in [0.5, 0.6) is 0 Å². The lowest BCUT2D eigenvalue weighted by Crippen LogP contribution is -2.52. The van der Waals surface area contributed by atoms with Gasteiger partial charge in [-0.1, -0.05) is 37.6 Å². The number of anilines is 1. The maximum atomic E-state index is 12.6. The molecule has 1 aromatic rings. The van der Waals surface area contributed by atoms with Gasteiger partial charge in [-0.3, -0.25) is 0 Å². The third-order valence-corrected chi connectivity index (χ3v) is 4.91. The monoisotopic (exact) mass is 309 g/mol. The first-order valence-electron chi connectivity index (χ1n) is 7.68. The summed E-state index contributed by atoms with van der Waals surface area (Å²) in [5.41, 5.74) is 0.140. The van der Waals surface area contributed by atoms with Gasteiger partial charge in [0.1, 0.15) is 5.54 Å². The highest BCUT2D eigenvalue weighted by Crippen LogP contribution is 2.40. The molecular formula is C17H24ClNO2. The molecule has 3 unspecified atom stereocenters. The maximum Gasteiger partial charge on any atom is 0.331 e. The standard InChI is InChI=1S/C17H24ClNO2/c1-4-21-16(20)17(10-9-12(2)13(3)11-17)19-15-8-6-5-7-14(15)18/h5-8,12-13,19H,4,9-11H2,1-3H3. The van der Waals surface area contributed by atoms with Gasteiger partial charge in [0.25, 0.3) is 0 Å². The number of rotatable bonds is 4. The number of carbonyl (C=O) groups is 1. The highest BCUT2D eigenvalue weighted by atomic mass is 35.5. The van der Waals surface area contributed by atoms with Crippen molar-refractivity contribution in [1.29, 1.82) is 0 Å². The third-order valence-electron chi connectivity index (χ3n) is 4.58. The van der Waals surface area contributed by atoms with Crippen molar-refractivity contribution in [2.75, 3.05) is 11.9 Å². The van der Waals surface area contributed by atoms with Crippen LogP contribution in [-0.4, -0.2) is 18.1 Å². The fourth-order valence-corrected chi connectivity index (χ4v) is 3.23. The minimum absolute atomic E-state index is 0.163. The van der Waals surface area contributed by atoms with Crippen LogP contribution >= 0.6 is 11.6 Å². The Morgan fingerprint density at radius 3 is 2.71 bits per heavy atom. The summed E-state index contributed by atoms with van der Waals surface area (Å²) in [6.07, 6.45) is 2.57. The quantitative estimate of drug-likeness (QED) is 0.832. The second-order valence-corrected chi connectivity index (χ2v) is 6.51. The molecule has 0 spiro atoms. The normalized spacial score (nSPS) is 29.0. The zero-order valence-electron chi connectivity index (χ0n) is 13.0. The zero-order valence-corrected chi connectivity index (χ0v) is 13.7. The molecule has 3 nitrogen and oxygen atoms in total. The van der Waals surface area contributed by atoms with E-state index in [0.29, 0.717) is 23.5 Å². The molecular weight excluding hydrogens is 286 g/mol. The number of esters is 1. The molecule has 3 atom stereocenters. The SMILES string of the molecule is CCOC(=O)C1(Nc2ccccc2Cl)CCC(C)C(C)C1. The molecule has 1 N–H and O–H groups in total. The number of nitrogens with one attached hydrogen (secondary N) is 1. The minimum Gasteiger partial charge on any atom is -0.464 e. The van der Waals surface area contributed by atoms with E-state index in [9.17, 15) is 4.79 Å². The Balaban J connectivity index is 2.28. The average Bonchev–Trinajstić information content (AvgIpc) is 2.46. The van der Waals surface area contributed by atoms with Gasteiger partial charge in [0.2, 0.25) is 0 Å². The molecule has 1 saturated carbocycles. The Hall–Kier alpha value is -1.22. The summed E-state index contributed by atoms with van der Waals surface area (Å²) >= 11 is 6.24. The first kappa shape index (κ1) is 16.2. The van der Waals surface area contributed by atoms with E-state index in [1.54, 1.807) is 0 Å². The van der Waals surface area contributed by atoms with Crippen LogP contribution < -0.4 is 5.32 Å². The van der Waals surface area contributed by atoms with Crippen LogP contribution in [0.15, 0.2) is 24.3 Å². The Morgan fingerprint density at radius 1 is 1.38 bits per heavy atom. The van der Waals surface area contributed by atoms with Crippen LogP contribution in [0.25, 0.3) is 0 Å². The zero-order chi connectivity index (χ0) is 15.5.